The summed E-state index contributed by atoms with van der Waals surface area (Å²) in [5.74, 6) is -1.56. The lowest BCUT2D eigenvalue weighted by atomic mass is 9.85. The van der Waals surface area contributed by atoms with Crippen LogP contribution in [0, 0.1) is 5.41 Å². The van der Waals surface area contributed by atoms with Crippen LogP contribution in [0.15, 0.2) is 36.4 Å². The number of alkyl carbamates (subject to hydrolysis) is 1. The van der Waals surface area contributed by atoms with E-state index in [1.807, 2.05) is 32.9 Å². The molecule has 0 aliphatic carbocycles. The third-order valence-electron chi connectivity index (χ3n) is 7.46. The van der Waals surface area contributed by atoms with Gasteiger partial charge in [-0.2, -0.15) is 0 Å². The molecule has 0 unspecified atom stereocenters. The third-order valence-corrected chi connectivity index (χ3v) is 7.46. The molecule has 194 valence electrons. The number of amides is 2. The number of nitrogens with one attached hydrogen (secondary N) is 1. The molecule has 8 heteroatoms. The maximum absolute atomic E-state index is 13.8. The van der Waals surface area contributed by atoms with Crippen LogP contribution in [-0.2, 0) is 31.1 Å². The molecule has 2 amide bonds. The maximum Gasteiger partial charge on any atom is 0.407 e. The van der Waals surface area contributed by atoms with Crippen molar-refractivity contribution in [1.82, 2.24) is 10.2 Å². The minimum atomic E-state index is -1.10. The van der Waals surface area contributed by atoms with Crippen LogP contribution < -0.4 is 5.32 Å². The Morgan fingerprint density at radius 2 is 1.92 bits per heavy atom. The number of hydrogen-bond donors (Lipinski definition) is 2. The zero-order valence-corrected chi connectivity index (χ0v) is 21.5. The zero-order chi connectivity index (χ0) is 26.1. The van der Waals surface area contributed by atoms with E-state index in [4.69, 9.17) is 9.47 Å². The lowest BCUT2D eigenvalue weighted by Gasteiger charge is -2.35. The molecule has 0 spiro atoms. The van der Waals surface area contributed by atoms with Crippen LogP contribution in [0.25, 0.3) is 10.8 Å². The van der Waals surface area contributed by atoms with Gasteiger partial charge in [0, 0.05) is 13.5 Å². The Morgan fingerprint density at radius 1 is 1.17 bits per heavy atom. The Balaban J connectivity index is 1.84. The Bertz CT molecular complexity index is 1160. The molecule has 2 aliphatic rings. The van der Waals surface area contributed by atoms with Gasteiger partial charge in [0.25, 0.3) is 0 Å². The number of benzene rings is 2. The van der Waals surface area contributed by atoms with E-state index in [9.17, 15) is 19.5 Å². The average Bonchev–Trinajstić information content (AvgIpc) is 3.24. The van der Waals surface area contributed by atoms with Gasteiger partial charge in [0.05, 0.1) is 13.2 Å². The van der Waals surface area contributed by atoms with Crippen molar-refractivity contribution >= 4 is 28.7 Å². The lowest BCUT2D eigenvalue weighted by molar-refractivity contribution is -0.150. The van der Waals surface area contributed by atoms with Crippen LogP contribution in [0.3, 0.4) is 0 Å². The summed E-state index contributed by atoms with van der Waals surface area (Å²) < 4.78 is 11.4. The lowest BCUT2D eigenvalue weighted by Crippen LogP contribution is -2.57. The topological polar surface area (TPSA) is 105 Å². The van der Waals surface area contributed by atoms with Crippen molar-refractivity contribution in [1.29, 1.82) is 0 Å². The number of carboxylic acid groups (broad SMARTS) is 1. The highest BCUT2D eigenvalue weighted by molar-refractivity contribution is 5.91. The summed E-state index contributed by atoms with van der Waals surface area (Å²) in [4.78, 5) is 40.1. The molecule has 1 saturated heterocycles. The number of nitrogens with zero attached hydrogens (tertiary/aromatic N) is 1. The largest absolute Gasteiger partial charge is 0.480 e. The number of carboxylic acids is 1. The second kappa shape index (κ2) is 10.1. The smallest absolute Gasteiger partial charge is 0.407 e. The molecule has 2 aromatic rings. The Kier molecular flexibility index (Phi) is 7.27. The van der Waals surface area contributed by atoms with Crippen LogP contribution in [0.1, 0.15) is 57.6 Å². The second-order valence-corrected chi connectivity index (χ2v) is 11.0. The Hall–Kier alpha value is -3.13. The van der Waals surface area contributed by atoms with Crippen molar-refractivity contribution in [2.75, 3.05) is 20.3 Å². The molecular weight excluding hydrogens is 460 g/mol. The summed E-state index contributed by atoms with van der Waals surface area (Å²) in [6.07, 6.45) is 2.80. The molecule has 0 radical (unpaired) electrons. The Labute approximate surface area is 211 Å². The quantitative estimate of drug-likeness (QED) is 0.645. The fourth-order valence-electron chi connectivity index (χ4n) is 5.39. The van der Waals surface area contributed by atoms with Crippen LogP contribution in [0.2, 0.25) is 0 Å². The number of rotatable bonds is 2. The van der Waals surface area contributed by atoms with E-state index < -0.39 is 41.1 Å². The van der Waals surface area contributed by atoms with E-state index in [1.165, 1.54) is 4.90 Å². The van der Waals surface area contributed by atoms with Gasteiger partial charge < -0.3 is 24.8 Å². The van der Waals surface area contributed by atoms with Gasteiger partial charge in [0.2, 0.25) is 5.91 Å². The van der Waals surface area contributed by atoms with Gasteiger partial charge in [0.1, 0.15) is 17.7 Å². The molecular formula is C28H36N2O6. The van der Waals surface area contributed by atoms with Gasteiger partial charge in [-0.1, -0.05) is 51.1 Å². The summed E-state index contributed by atoms with van der Waals surface area (Å²) in [6.45, 7) is 5.82. The number of carbonyl (C=O) groups excluding carboxylic acids is 2. The predicted octanol–water partition coefficient (Wildman–Crippen LogP) is 4.23. The highest BCUT2D eigenvalue weighted by atomic mass is 16.5. The van der Waals surface area contributed by atoms with E-state index in [0.717, 1.165) is 41.2 Å². The first kappa shape index (κ1) is 25.9. The minimum absolute atomic E-state index is 0.0698. The molecule has 2 aromatic carbocycles. The number of carbonyl (C=O) groups is 3. The second-order valence-electron chi connectivity index (χ2n) is 11.0. The molecule has 3 atom stereocenters. The van der Waals surface area contributed by atoms with Crippen molar-refractivity contribution in [2.24, 2.45) is 5.41 Å². The SMILES string of the molecule is CO[C@@]12C[C@@H](C(=O)O)N(C1)C(=O)[C@H](C(C)(C)C)NC(=O)OCCCCCc1cc2cc2ccccc12. The molecule has 4 bridgehead atoms. The first-order valence-electron chi connectivity index (χ1n) is 12.6. The number of hydrogen-bond acceptors (Lipinski definition) is 5. The molecule has 2 heterocycles. The van der Waals surface area contributed by atoms with Crippen LogP contribution in [-0.4, -0.2) is 60.3 Å². The average molecular weight is 497 g/mol. The fraction of sp³-hybridized carbons (Fsp3) is 0.536. The standard InChI is InChI=1S/C28H36N2O6/c1-27(2,3)23-24(31)30-17-28(35-4,16-22(30)25(32)33)20-14-18(21-12-8-7-11-19(21)15-20)10-6-5-9-13-36-26(34)29-23/h7-8,11-12,14-15,22-23H,5-6,9-10,13,16-17H2,1-4H3,(H,29,34)(H,32,33)/t22-,23+,28-/m0/s1. The first-order chi connectivity index (χ1) is 17.1. The summed E-state index contributed by atoms with van der Waals surface area (Å²) >= 11 is 0. The van der Waals surface area contributed by atoms with Gasteiger partial charge in [0.15, 0.2) is 0 Å². The van der Waals surface area contributed by atoms with Crippen molar-refractivity contribution < 1.29 is 29.0 Å². The number of aliphatic carboxylic acids is 1. The zero-order valence-electron chi connectivity index (χ0n) is 21.5. The van der Waals surface area contributed by atoms with Crippen molar-refractivity contribution in [3.8, 4) is 0 Å². The summed E-state index contributed by atoms with van der Waals surface area (Å²) in [5, 5.41) is 15.0. The summed E-state index contributed by atoms with van der Waals surface area (Å²) in [7, 11) is 1.57. The summed E-state index contributed by atoms with van der Waals surface area (Å²) in [5.41, 5.74) is 0.373. The van der Waals surface area contributed by atoms with Crippen molar-refractivity contribution in [3.05, 3.63) is 47.5 Å². The molecule has 8 nitrogen and oxygen atoms in total. The molecule has 1 fully saturated rings. The third kappa shape index (κ3) is 5.05. The van der Waals surface area contributed by atoms with Gasteiger partial charge in [-0.3, -0.25) is 4.79 Å². The first-order valence-corrected chi connectivity index (χ1v) is 12.6. The van der Waals surface area contributed by atoms with Crippen LogP contribution >= 0.6 is 0 Å². The molecule has 4 rings (SSSR count). The molecule has 2 aliphatic heterocycles. The monoisotopic (exact) mass is 496 g/mol. The van der Waals surface area contributed by atoms with Crippen LogP contribution in [0.5, 0.6) is 0 Å². The highest BCUT2D eigenvalue weighted by Gasteiger charge is 2.52. The number of methoxy groups -OCH3 is 1. The number of fused-ring (bicyclic) bond motifs is 7. The normalized spacial score (nSPS) is 25.9. The Morgan fingerprint density at radius 3 is 2.61 bits per heavy atom. The maximum atomic E-state index is 13.8. The van der Waals surface area contributed by atoms with Gasteiger partial charge in [-0.25, -0.2) is 9.59 Å². The van der Waals surface area contributed by atoms with Crippen molar-refractivity contribution in [2.45, 2.75) is 70.6 Å². The van der Waals surface area contributed by atoms with Gasteiger partial charge >= 0.3 is 12.1 Å². The van der Waals surface area contributed by atoms with Crippen molar-refractivity contribution in [3.63, 3.8) is 0 Å². The van der Waals surface area contributed by atoms with E-state index in [-0.39, 0.29) is 19.6 Å². The van der Waals surface area contributed by atoms with Gasteiger partial charge in [-0.15, -0.1) is 0 Å². The van der Waals surface area contributed by atoms with E-state index in [0.29, 0.717) is 6.42 Å². The van der Waals surface area contributed by atoms with E-state index in [1.54, 1.807) is 7.11 Å². The molecule has 0 saturated carbocycles. The molecule has 0 aromatic heterocycles. The number of ether oxygens (including phenoxy) is 2. The number of aryl methyl sites for hydroxylation is 1. The fourth-order valence-corrected chi connectivity index (χ4v) is 5.39. The van der Waals surface area contributed by atoms with Gasteiger partial charge in [-0.05, 0) is 59.1 Å². The highest BCUT2D eigenvalue weighted by Crippen LogP contribution is 2.42. The van der Waals surface area contributed by atoms with E-state index >= 15 is 0 Å². The molecule has 36 heavy (non-hydrogen) atoms. The minimum Gasteiger partial charge on any atom is -0.480 e. The summed E-state index contributed by atoms with van der Waals surface area (Å²) in [6, 6.07) is 10.3. The predicted molar refractivity (Wildman–Crippen MR) is 136 cm³/mol. The van der Waals surface area contributed by atoms with Crippen LogP contribution in [0.4, 0.5) is 4.79 Å². The number of cyclic esters (lactones) is 1. The molecule has 2 N–H and O–H groups in total. The van der Waals surface area contributed by atoms with E-state index in [2.05, 4.69) is 29.6 Å².